The van der Waals surface area contributed by atoms with E-state index in [0.29, 0.717) is 11.8 Å². The number of halogens is 4. The Morgan fingerprint density at radius 2 is 1.93 bits per heavy atom. The van der Waals surface area contributed by atoms with Gasteiger partial charge < -0.3 is 14.8 Å². The van der Waals surface area contributed by atoms with Crippen LogP contribution in [-0.4, -0.2) is 10.1 Å². The molecule has 0 spiro atoms. The van der Waals surface area contributed by atoms with Gasteiger partial charge in [0.15, 0.2) is 5.75 Å². The van der Waals surface area contributed by atoms with Crippen LogP contribution >= 0.6 is 15.9 Å². The molecule has 0 atom stereocenters. The van der Waals surface area contributed by atoms with E-state index in [1.807, 2.05) is 6.20 Å². The maximum Gasteiger partial charge on any atom is 0.420 e. The molecule has 0 unspecified atom stereocenters. The molecular formula is C20H19BrF3NO2. The molecule has 0 aliphatic rings. The molecule has 3 rings (SSSR count). The minimum absolute atomic E-state index is 0.0344. The minimum Gasteiger partial charge on any atom is -0.508 e. The summed E-state index contributed by atoms with van der Waals surface area (Å²) in [5, 5.41) is 10.4. The monoisotopic (exact) mass is 441 g/mol. The third kappa shape index (κ3) is 4.40. The van der Waals surface area contributed by atoms with Crippen molar-refractivity contribution >= 4 is 26.8 Å². The van der Waals surface area contributed by atoms with Gasteiger partial charge in [0.25, 0.3) is 0 Å². The van der Waals surface area contributed by atoms with Crippen LogP contribution in [0.2, 0.25) is 0 Å². The van der Waals surface area contributed by atoms with Crippen LogP contribution in [0.5, 0.6) is 17.2 Å². The molecule has 0 radical (unpaired) electrons. The van der Waals surface area contributed by atoms with E-state index in [4.69, 9.17) is 4.74 Å². The Morgan fingerprint density at radius 1 is 1.15 bits per heavy atom. The van der Waals surface area contributed by atoms with E-state index in [-0.39, 0.29) is 10.2 Å². The van der Waals surface area contributed by atoms with Crippen molar-refractivity contribution in [2.75, 3.05) is 0 Å². The summed E-state index contributed by atoms with van der Waals surface area (Å²) in [7, 11) is 0. The Hall–Kier alpha value is -2.15. The summed E-state index contributed by atoms with van der Waals surface area (Å²) >= 11 is 3.06. The second-order valence-corrected chi connectivity index (χ2v) is 7.24. The van der Waals surface area contributed by atoms with Gasteiger partial charge in [0.05, 0.1) is 4.47 Å². The lowest BCUT2D eigenvalue weighted by molar-refractivity contribution is -0.138. The van der Waals surface area contributed by atoms with Gasteiger partial charge >= 0.3 is 6.18 Å². The van der Waals surface area contributed by atoms with Crippen LogP contribution in [0.4, 0.5) is 13.2 Å². The van der Waals surface area contributed by atoms with E-state index in [0.717, 1.165) is 42.1 Å². The molecule has 0 bridgehead atoms. The number of alkyl halides is 3. The molecule has 0 aliphatic heterocycles. The van der Waals surface area contributed by atoms with E-state index in [9.17, 15) is 18.3 Å². The normalized spacial score (nSPS) is 11.9. The van der Waals surface area contributed by atoms with Gasteiger partial charge in [-0.1, -0.05) is 19.8 Å². The second kappa shape index (κ2) is 7.84. The molecule has 27 heavy (non-hydrogen) atoms. The van der Waals surface area contributed by atoms with Gasteiger partial charge in [-0.2, -0.15) is 13.2 Å². The van der Waals surface area contributed by atoms with Gasteiger partial charge in [0.1, 0.15) is 17.1 Å². The standard InChI is InChI=1S/C20H19BrF3NO2/c1-2-3-4-5-12-11-25-18-7-6-14(10-15(12)18)27-19-16(20(22,23)24)8-13(26)9-17(19)21/h6-11,25-26H,2-5H2,1H3. The Balaban J connectivity index is 1.96. The van der Waals surface area contributed by atoms with Crippen LogP contribution in [0.3, 0.4) is 0 Å². The summed E-state index contributed by atoms with van der Waals surface area (Å²) in [6, 6.07) is 6.98. The smallest absolute Gasteiger partial charge is 0.420 e. The third-order valence-electron chi connectivity index (χ3n) is 4.34. The number of unbranched alkanes of at least 4 members (excludes halogenated alkanes) is 2. The number of benzene rings is 2. The summed E-state index contributed by atoms with van der Waals surface area (Å²) in [4.78, 5) is 3.18. The van der Waals surface area contributed by atoms with Gasteiger partial charge in [-0.3, -0.25) is 0 Å². The van der Waals surface area contributed by atoms with Gasteiger partial charge in [0, 0.05) is 17.1 Å². The number of aromatic amines is 1. The van der Waals surface area contributed by atoms with Crippen LogP contribution in [0.25, 0.3) is 10.9 Å². The number of aromatic hydroxyl groups is 1. The molecule has 1 heterocycles. The maximum atomic E-state index is 13.3. The van der Waals surface area contributed by atoms with Gasteiger partial charge in [-0.05, 0) is 64.7 Å². The topological polar surface area (TPSA) is 45.2 Å². The van der Waals surface area contributed by atoms with Crippen molar-refractivity contribution < 1.29 is 23.0 Å². The van der Waals surface area contributed by atoms with Gasteiger partial charge in [-0.25, -0.2) is 0 Å². The molecule has 2 aromatic carbocycles. The summed E-state index contributed by atoms with van der Waals surface area (Å²) in [5.74, 6) is -0.556. The number of H-pyrrole nitrogens is 1. The molecule has 3 nitrogen and oxygen atoms in total. The van der Waals surface area contributed by atoms with Crippen LogP contribution < -0.4 is 4.74 Å². The molecule has 2 N–H and O–H groups in total. The number of aromatic nitrogens is 1. The molecule has 0 fully saturated rings. The lowest BCUT2D eigenvalue weighted by atomic mass is 10.1. The average molecular weight is 442 g/mol. The fourth-order valence-corrected chi connectivity index (χ4v) is 3.53. The number of aryl methyl sites for hydroxylation is 1. The van der Waals surface area contributed by atoms with Crippen molar-refractivity contribution in [3.63, 3.8) is 0 Å². The predicted molar refractivity (Wildman–Crippen MR) is 102 cm³/mol. The van der Waals surface area contributed by atoms with Crippen molar-refractivity contribution in [1.29, 1.82) is 0 Å². The molecule has 3 aromatic rings. The molecule has 7 heteroatoms. The van der Waals surface area contributed by atoms with Crippen LogP contribution in [-0.2, 0) is 12.6 Å². The summed E-state index contributed by atoms with van der Waals surface area (Å²) < 4.78 is 45.6. The van der Waals surface area contributed by atoms with E-state index in [1.54, 1.807) is 18.2 Å². The van der Waals surface area contributed by atoms with E-state index in [1.165, 1.54) is 6.07 Å². The number of phenols is 1. The lowest BCUT2D eigenvalue weighted by Gasteiger charge is -2.16. The highest BCUT2D eigenvalue weighted by Crippen LogP contribution is 2.44. The van der Waals surface area contributed by atoms with E-state index in [2.05, 4.69) is 27.8 Å². The van der Waals surface area contributed by atoms with Crippen LogP contribution in [0, 0.1) is 0 Å². The van der Waals surface area contributed by atoms with Crippen molar-refractivity contribution in [2.45, 2.75) is 38.8 Å². The van der Waals surface area contributed by atoms with Crippen molar-refractivity contribution in [1.82, 2.24) is 4.98 Å². The zero-order valence-corrected chi connectivity index (χ0v) is 16.2. The number of nitrogens with one attached hydrogen (secondary N) is 1. The second-order valence-electron chi connectivity index (χ2n) is 6.38. The van der Waals surface area contributed by atoms with Crippen molar-refractivity contribution in [2.24, 2.45) is 0 Å². The fourth-order valence-electron chi connectivity index (χ4n) is 3.00. The van der Waals surface area contributed by atoms with Gasteiger partial charge in [-0.15, -0.1) is 0 Å². The number of hydrogen-bond acceptors (Lipinski definition) is 2. The van der Waals surface area contributed by atoms with E-state index < -0.39 is 17.5 Å². The minimum atomic E-state index is -4.65. The highest BCUT2D eigenvalue weighted by molar-refractivity contribution is 9.10. The summed E-state index contributed by atoms with van der Waals surface area (Å²) in [6.07, 6.45) is 1.47. The number of rotatable bonds is 6. The molecule has 144 valence electrons. The number of ether oxygens (including phenoxy) is 1. The zero-order valence-electron chi connectivity index (χ0n) is 14.7. The first-order valence-electron chi connectivity index (χ1n) is 8.67. The molecular weight excluding hydrogens is 423 g/mol. The number of phenolic OH excluding ortho intramolecular Hbond substituents is 1. The zero-order chi connectivity index (χ0) is 19.6. The molecule has 0 saturated carbocycles. The summed E-state index contributed by atoms with van der Waals surface area (Å²) in [6.45, 7) is 2.13. The van der Waals surface area contributed by atoms with E-state index >= 15 is 0 Å². The van der Waals surface area contributed by atoms with Crippen molar-refractivity contribution in [3.05, 3.63) is 52.1 Å². The quantitative estimate of drug-likeness (QED) is 0.397. The van der Waals surface area contributed by atoms with Crippen molar-refractivity contribution in [3.8, 4) is 17.2 Å². The molecule has 0 saturated heterocycles. The first kappa shape index (κ1) is 19.6. The predicted octanol–water partition coefficient (Wildman–Crippen LogP) is 7.18. The fraction of sp³-hybridized carbons (Fsp3) is 0.300. The number of fused-ring (bicyclic) bond motifs is 1. The molecule has 1 aromatic heterocycles. The summed E-state index contributed by atoms with van der Waals surface area (Å²) in [5.41, 5.74) is 0.992. The Labute approximate surface area is 163 Å². The van der Waals surface area contributed by atoms with Crippen LogP contribution in [0.15, 0.2) is 41.0 Å². The molecule has 0 amide bonds. The molecule has 0 aliphatic carbocycles. The Morgan fingerprint density at radius 3 is 2.63 bits per heavy atom. The highest BCUT2D eigenvalue weighted by atomic mass is 79.9. The third-order valence-corrected chi connectivity index (χ3v) is 4.93. The SMILES string of the molecule is CCCCCc1c[nH]c2ccc(Oc3c(Br)cc(O)cc3C(F)(F)F)cc12. The maximum absolute atomic E-state index is 13.3. The Bertz CT molecular complexity index is 950. The Kier molecular flexibility index (Phi) is 5.69. The van der Waals surface area contributed by atoms with Crippen LogP contribution in [0.1, 0.15) is 37.3 Å². The largest absolute Gasteiger partial charge is 0.508 e. The van der Waals surface area contributed by atoms with Gasteiger partial charge in [0.2, 0.25) is 0 Å². The lowest BCUT2D eigenvalue weighted by Crippen LogP contribution is -2.07. The first-order chi connectivity index (χ1) is 12.8. The average Bonchev–Trinajstić information content (AvgIpc) is 2.99. The number of hydrogen-bond donors (Lipinski definition) is 2. The highest BCUT2D eigenvalue weighted by Gasteiger charge is 2.36. The first-order valence-corrected chi connectivity index (χ1v) is 9.46.